The number of nitrogens with zero attached hydrogens (tertiary/aromatic N) is 4. The van der Waals surface area contributed by atoms with Crippen molar-refractivity contribution in [3.8, 4) is 22.6 Å². The summed E-state index contributed by atoms with van der Waals surface area (Å²) in [5.74, 6) is -0.355. The van der Waals surface area contributed by atoms with E-state index in [2.05, 4.69) is 33.7 Å². The predicted molar refractivity (Wildman–Crippen MR) is 150 cm³/mol. The highest BCUT2D eigenvalue weighted by Crippen LogP contribution is 2.47. The molecule has 0 saturated heterocycles. The van der Waals surface area contributed by atoms with Crippen LogP contribution in [0.4, 0.5) is 5.69 Å². The standard InChI is InChI=1S/C17H12Cl2N2O4.C10H17N3/c1-24-10-7-11(25-2)14(19)12(13(10)18)8-3-4-9(17(22)23)16-15(8)20-5-6-21-16;1-3-13(4-2)8-10-6-5-9(11)7-12-10/h3-7H,1-2H3,(H,22,23);5-7H,3-4,8,11H2,1-2H3. The maximum atomic E-state index is 11.4. The molecule has 0 aliphatic heterocycles. The van der Waals surface area contributed by atoms with E-state index in [1.54, 1.807) is 18.3 Å². The van der Waals surface area contributed by atoms with Gasteiger partial charge >= 0.3 is 5.97 Å². The van der Waals surface area contributed by atoms with Crippen molar-refractivity contribution < 1.29 is 19.4 Å². The number of aromatic nitrogens is 3. The molecule has 0 aliphatic rings. The van der Waals surface area contributed by atoms with Gasteiger partial charge in [0.25, 0.3) is 0 Å². The van der Waals surface area contributed by atoms with Crippen molar-refractivity contribution in [3.63, 3.8) is 0 Å². The molecule has 4 aromatic rings. The van der Waals surface area contributed by atoms with Gasteiger partial charge in [-0.25, -0.2) is 4.79 Å². The van der Waals surface area contributed by atoms with Gasteiger partial charge in [0.1, 0.15) is 17.0 Å². The summed E-state index contributed by atoms with van der Waals surface area (Å²) in [5.41, 5.74) is 8.95. The number of halogens is 2. The number of methoxy groups -OCH3 is 2. The molecule has 0 radical (unpaired) electrons. The van der Waals surface area contributed by atoms with Crippen LogP contribution in [0, 0.1) is 0 Å². The molecule has 9 nitrogen and oxygen atoms in total. The third-order valence-corrected chi connectivity index (χ3v) is 6.58. The molecular weight excluding hydrogens is 529 g/mol. The number of aromatic carboxylic acids is 1. The Labute approximate surface area is 231 Å². The Kier molecular flexibility index (Phi) is 10.1. The van der Waals surface area contributed by atoms with Crippen LogP contribution in [0.1, 0.15) is 29.9 Å². The maximum Gasteiger partial charge on any atom is 0.337 e. The molecule has 3 N–H and O–H groups in total. The van der Waals surface area contributed by atoms with Crippen LogP contribution in [-0.2, 0) is 6.54 Å². The van der Waals surface area contributed by atoms with Gasteiger partial charge in [-0.2, -0.15) is 0 Å². The number of hydrogen-bond acceptors (Lipinski definition) is 8. The zero-order valence-electron chi connectivity index (χ0n) is 21.5. The molecule has 0 aliphatic carbocycles. The number of rotatable bonds is 8. The highest BCUT2D eigenvalue weighted by Gasteiger charge is 2.22. The number of benzene rings is 2. The minimum absolute atomic E-state index is 0.0361. The Balaban J connectivity index is 0.000000260. The van der Waals surface area contributed by atoms with Crippen molar-refractivity contribution in [3.05, 3.63) is 70.2 Å². The zero-order chi connectivity index (χ0) is 27.8. The molecule has 0 amide bonds. The molecule has 2 aromatic heterocycles. The molecule has 2 heterocycles. The van der Waals surface area contributed by atoms with Crippen LogP contribution in [0.2, 0.25) is 10.0 Å². The first kappa shape index (κ1) is 28.9. The average Bonchev–Trinajstić information content (AvgIpc) is 2.93. The number of fused-ring (bicyclic) bond motifs is 1. The van der Waals surface area contributed by atoms with Gasteiger partial charge in [0.15, 0.2) is 0 Å². The zero-order valence-corrected chi connectivity index (χ0v) is 23.0. The Morgan fingerprint density at radius 3 is 2.05 bits per heavy atom. The second-order valence-electron chi connectivity index (χ2n) is 8.05. The van der Waals surface area contributed by atoms with Crippen molar-refractivity contribution in [2.24, 2.45) is 0 Å². The Bertz CT molecular complexity index is 1390. The number of hydrogen-bond donors (Lipinski definition) is 2. The van der Waals surface area contributed by atoms with Crippen LogP contribution in [0.5, 0.6) is 11.5 Å². The van der Waals surface area contributed by atoms with Crippen molar-refractivity contribution in [2.75, 3.05) is 33.0 Å². The van der Waals surface area contributed by atoms with E-state index in [9.17, 15) is 9.90 Å². The van der Waals surface area contributed by atoms with E-state index in [-0.39, 0.29) is 21.1 Å². The molecule has 38 heavy (non-hydrogen) atoms. The van der Waals surface area contributed by atoms with Crippen LogP contribution in [-0.4, -0.2) is 58.2 Å². The van der Waals surface area contributed by atoms with E-state index in [4.69, 9.17) is 38.4 Å². The maximum absolute atomic E-state index is 11.4. The SMILES string of the molecule is CCN(CC)Cc1ccc(N)cn1.COc1cc(OC)c(Cl)c(-c2ccc(C(=O)O)c3nccnc23)c1Cl. The summed E-state index contributed by atoms with van der Waals surface area (Å²) < 4.78 is 10.6. The average molecular weight is 558 g/mol. The third-order valence-electron chi connectivity index (χ3n) is 5.83. The minimum atomic E-state index is -1.10. The summed E-state index contributed by atoms with van der Waals surface area (Å²) in [4.78, 5) is 26.4. The van der Waals surface area contributed by atoms with Gasteiger partial charge in [0.2, 0.25) is 0 Å². The minimum Gasteiger partial charge on any atom is -0.495 e. The molecule has 2 aromatic carbocycles. The normalized spacial score (nSPS) is 10.7. The molecule has 11 heteroatoms. The van der Waals surface area contributed by atoms with E-state index in [1.807, 2.05) is 12.1 Å². The largest absolute Gasteiger partial charge is 0.495 e. The van der Waals surface area contributed by atoms with Gasteiger partial charge < -0.3 is 20.3 Å². The lowest BCUT2D eigenvalue weighted by atomic mass is 10.00. The van der Waals surface area contributed by atoms with Gasteiger partial charge in [-0.15, -0.1) is 0 Å². The first-order valence-electron chi connectivity index (χ1n) is 11.8. The molecule has 0 atom stereocenters. The fourth-order valence-electron chi connectivity index (χ4n) is 3.76. The number of carbonyl (C=O) groups is 1. The van der Waals surface area contributed by atoms with Gasteiger partial charge in [-0.3, -0.25) is 19.9 Å². The Morgan fingerprint density at radius 2 is 1.55 bits per heavy atom. The number of pyridine rings is 1. The first-order valence-corrected chi connectivity index (χ1v) is 12.5. The lowest BCUT2D eigenvalue weighted by Gasteiger charge is -2.16. The predicted octanol–water partition coefficient (Wildman–Crippen LogP) is 5.82. The van der Waals surface area contributed by atoms with E-state index in [0.29, 0.717) is 28.1 Å². The second kappa shape index (κ2) is 13.2. The lowest BCUT2D eigenvalue weighted by Crippen LogP contribution is -2.22. The summed E-state index contributed by atoms with van der Waals surface area (Å²) in [6.07, 6.45) is 4.60. The second-order valence-corrected chi connectivity index (χ2v) is 8.80. The molecular formula is C27H29Cl2N5O4. The van der Waals surface area contributed by atoms with Crippen molar-refractivity contribution >= 4 is 45.9 Å². The highest BCUT2D eigenvalue weighted by atomic mass is 35.5. The molecule has 0 saturated carbocycles. The van der Waals surface area contributed by atoms with E-state index < -0.39 is 5.97 Å². The van der Waals surface area contributed by atoms with Gasteiger partial charge in [-0.1, -0.05) is 43.1 Å². The van der Waals surface area contributed by atoms with Gasteiger partial charge in [0, 0.05) is 36.1 Å². The molecule has 0 spiro atoms. The lowest BCUT2D eigenvalue weighted by molar-refractivity contribution is 0.0699. The highest BCUT2D eigenvalue weighted by molar-refractivity contribution is 6.41. The number of ether oxygens (including phenoxy) is 2. The van der Waals surface area contributed by atoms with Crippen molar-refractivity contribution in [2.45, 2.75) is 20.4 Å². The Morgan fingerprint density at radius 1 is 0.947 bits per heavy atom. The van der Waals surface area contributed by atoms with Crippen LogP contribution < -0.4 is 15.2 Å². The molecule has 0 fully saturated rings. The topological polar surface area (TPSA) is 124 Å². The van der Waals surface area contributed by atoms with E-state index >= 15 is 0 Å². The van der Waals surface area contributed by atoms with Gasteiger partial charge in [0.05, 0.1) is 52.9 Å². The summed E-state index contributed by atoms with van der Waals surface area (Å²) in [7, 11) is 2.95. The number of anilines is 1. The summed E-state index contributed by atoms with van der Waals surface area (Å²) in [5, 5.41) is 9.89. The van der Waals surface area contributed by atoms with Crippen LogP contribution >= 0.6 is 23.2 Å². The van der Waals surface area contributed by atoms with E-state index in [0.717, 1.165) is 31.0 Å². The summed E-state index contributed by atoms with van der Waals surface area (Å²) >= 11 is 12.9. The molecule has 200 valence electrons. The molecule has 0 bridgehead atoms. The number of carboxylic acids is 1. The quantitative estimate of drug-likeness (QED) is 0.275. The summed E-state index contributed by atoms with van der Waals surface area (Å²) in [6, 6.07) is 8.48. The van der Waals surface area contributed by atoms with Crippen molar-refractivity contribution in [1.82, 2.24) is 19.9 Å². The fourth-order valence-corrected chi connectivity index (χ4v) is 4.46. The first-order chi connectivity index (χ1) is 18.2. The van der Waals surface area contributed by atoms with Crippen LogP contribution in [0.3, 0.4) is 0 Å². The summed E-state index contributed by atoms with van der Waals surface area (Å²) in [6.45, 7) is 7.33. The number of nitrogen functional groups attached to an aromatic ring is 1. The van der Waals surface area contributed by atoms with Crippen LogP contribution in [0.25, 0.3) is 22.2 Å². The van der Waals surface area contributed by atoms with Gasteiger partial charge in [-0.05, 0) is 31.3 Å². The van der Waals surface area contributed by atoms with Crippen molar-refractivity contribution in [1.29, 1.82) is 0 Å². The third kappa shape index (κ3) is 6.42. The number of nitrogens with two attached hydrogens (primary N) is 1. The fraction of sp³-hybridized carbons (Fsp3) is 0.259. The Hall–Kier alpha value is -3.66. The molecule has 0 unspecified atom stereocenters. The van der Waals surface area contributed by atoms with Crippen LogP contribution in [0.15, 0.2) is 48.9 Å². The number of carboxylic acid groups (broad SMARTS) is 1. The smallest absolute Gasteiger partial charge is 0.337 e. The molecule has 4 rings (SSSR count). The van der Waals surface area contributed by atoms with E-state index in [1.165, 1.54) is 32.7 Å². The monoisotopic (exact) mass is 557 g/mol.